The van der Waals surface area contributed by atoms with Crippen LogP contribution in [0.25, 0.3) is 11.0 Å². The first-order chi connectivity index (χ1) is 9.00. The minimum Gasteiger partial charge on any atom is -0.333 e. The molecule has 104 valence electrons. The number of fused-ring (bicyclic) bond motifs is 1. The minimum absolute atomic E-state index is 0.413. The van der Waals surface area contributed by atoms with E-state index < -0.39 is 11.7 Å². The highest BCUT2D eigenvalue weighted by Crippen LogP contribution is 2.31. The van der Waals surface area contributed by atoms with E-state index in [0.717, 1.165) is 30.7 Å². The highest BCUT2D eigenvalue weighted by molar-refractivity contribution is 7.99. The summed E-state index contributed by atoms with van der Waals surface area (Å²) in [5.41, 5.74) is 5.69. The molecular formula is C12H14F3N3S. The Morgan fingerprint density at radius 2 is 2.05 bits per heavy atom. The van der Waals surface area contributed by atoms with E-state index in [2.05, 4.69) is 9.97 Å². The van der Waals surface area contributed by atoms with Crippen LogP contribution >= 0.6 is 11.8 Å². The molecule has 19 heavy (non-hydrogen) atoms. The third-order valence-corrected chi connectivity index (χ3v) is 3.58. The van der Waals surface area contributed by atoms with E-state index in [4.69, 9.17) is 5.73 Å². The lowest BCUT2D eigenvalue weighted by atomic mass is 10.2. The quantitative estimate of drug-likeness (QED) is 0.655. The van der Waals surface area contributed by atoms with Gasteiger partial charge in [0.2, 0.25) is 0 Å². The Balaban J connectivity index is 2.12. The topological polar surface area (TPSA) is 54.7 Å². The van der Waals surface area contributed by atoms with E-state index in [1.54, 1.807) is 0 Å². The lowest BCUT2D eigenvalue weighted by Gasteiger charge is -2.05. The number of hydrogen-bond acceptors (Lipinski definition) is 3. The van der Waals surface area contributed by atoms with Crippen molar-refractivity contribution in [3.8, 4) is 0 Å². The summed E-state index contributed by atoms with van der Waals surface area (Å²) in [7, 11) is 0. The monoisotopic (exact) mass is 289 g/mol. The molecule has 1 aromatic carbocycles. The van der Waals surface area contributed by atoms with Crippen LogP contribution in [-0.2, 0) is 6.18 Å². The van der Waals surface area contributed by atoms with E-state index in [1.165, 1.54) is 17.8 Å². The van der Waals surface area contributed by atoms with Gasteiger partial charge in [0, 0.05) is 5.75 Å². The average Bonchev–Trinajstić information content (AvgIpc) is 2.75. The number of hydrogen-bond donors (Lipinski definition) is 2. The molecule has 0 radical (unpaired) electrons. The molecule has 7 heteroatoms. The number of rotatable bonds is 5. The summed E-state index contributed by atoms with van der Waals surface area (Å²) < 4.78 is 37.7. The fraction of sp³-hybridized carbons (Fsp3) is 0.417. The van der Waals surface area contributed by atoms with Crippen LogP contribution in [0.3, 0.4) is 0 Å². The first kappa shape index (κ1) is 14.2. The fourth-order valence-corrected chi connectivity index (χ4v) is 2.53. The summed E-state index contributed by atoms with van der Waals surface area (Å²) >= 11 is 1.50. The molecule has 0 aliphatic heterocycles. The van der Waals surface area contributed by atoms with Crippen LogP contribution in [0.15, 0.2) is 23.4 Å². The van der Waals surface area contributed by atoms with Gasteiger partial charge >= 0.3 is 6.18 Å². The number of nitrogens with zero attached hydrogens (tertiary/aromatic N) is 1. The molecule has 3 N–H and O–H groups in total. The van der Waals surface area contributed by atoms with Crippen LogP contribution in [0.2, 0.25) is 0 Å². The number of aromatic nitrogens is 2. The van der Waals surface area contributed by atoms with E-state index in [9.17, 15) is 13.2 Å². The predicted molar refractivity (Wildman–Crippen MR) is 70.1 cm³/mol. The Hall–Kier alpha value is -1.21. The van der Waals surface area contributed by atoms with Gasteiger partial charge in [-0.3, -0.25) is 0 Å². The van der Waals surface area contributed by atoms with Gasteiger partial charge in [-0.2, -0.15) is 13.2 Å². The second-order valence-electron chi connectivity index (χ2n) is 4.12. The summed E-state index contributed by atoms with van der Waals surface area (Å²) in [5, 5.41) is 0.645. The molecule has 2 aromatic rings. The summed E-state index contributed by atoms with van der Waals surface area (Å²) in [6.45, 7) is 0.648. The highest BCUT2D eigenvalue weighted by atomic mass is 32.2. The van der Waals surface area contributed by atoms with E-state index in [1.807, 2.05) is 0 Å². The molecule has 2 rings (SSSR count). The lowest BCUT2D eigenvalue weighted by molar-refractivity contribution is -0.137. The van der Waals surface area contributed by atoms with Crippen LogP contribution in [0, 0.1) is 0 Å². The number of nitrogens with two attached hydrogens (primary N) is 1. The standard InChI is InChI=1S/C12H14F3N3S/c13-12(14,15)8-3-4-9-10(7-8)18-11(17-9)19-6-2-1-5-16/h3-4,7H,1-2,5-6,16H2,(H,17,18). The summed E-state index contributed by atoms with van der Waals surface area (Å²) in [6, 6.07) is 3.52. The van der Waals surface area contributed by atoms with Crippen molar-refractivity contribution in [2.24, 2.45) is 5.73 Å². The lowest BCUT2D eigenvalue weighted by Crippen LogP contribution is -2.04. The van der Waals surface area contributed by atoms with Crippen LogP contribution in [0.4, 0.5) is 13.2 Å². The number of halogens is 3. The van der Waals surface area contributed by atoms with Gasteiger partial charge in [-0.1, -0.05) is 11.8 Å². The summed E-state index contributed by atoms with van der Waals surface area (Å²) in [5.74, 6) is 0.850. The third-order valence-electron chi connectivity index (χ3n) is 2.62. The summed E-state index contributed by atoms with van der Waals surface area (Å²) in [6.07, 6.45) is -2.43. The molecule has 0 amide bonds. The number of unbranched alkanes of at least 4 members (excludes halogenated alkanes) is 1. The van der Waals surface area contributed by atoms with Crippen molar-refractivity contribution < 1.29 is 13.2 Å². The number of thioether (sulfide) groups is 1. The maximum Gasteiger partial charge on any atom is 0.416 e. The zero-order chi connectivity index (χ0) is 13.9. The average molecular weight is 289 g/mol. The Labute approximate surface area is 112 Å². The van der Waals surface area contributed by atoms with Gasteiger partial charge < -0.3 is 10.7 Å². The number of benzene rings is 1. The van der Waals surface area contributed by atoms with Gasteiger partial charge in [-0.15, -0.1) is 0 Å². The van der Waals surface area contributed by atoms with Gasteiger partial charge in [-0.25, -0.2) is 4.98 Å². The van der Waals surface area contributed by atoms with Gasteiger partial charge in [0.05, 0.1) is 16.6 Å². The van der Waals surface area contributed by atoms with Gasteiger partial charge in [0.15, 0.2) is 5.16 Å². The highest BCUT2D eigenvalue weighted by Gasteiger charge is 2.30. The molecule has 3 nitrogen and oxygen atoms in total. The molecular weight excluding hydrogens is 275 g/mol. The van der Waals surface area contributed by atoms with Crippen LogP contribution in [0.1, 0.15) is 18.4 Å². The Bertz CT molecular complexity index is 551. The number of nitrogens with one attached hydrogen (secondary N) is 1. The Morgan fingerprint density at radius 1 is 1.26 bits per heavy atom. The van der Waals surface area contributed by atoms with Crippen molar-refractivity contribution in [1.82, 2.24) is 9.97 Å². The zero-order valence-electron chi connectivity index (χ0n) is 10.1. The Kier molecular flexibility index (Phi) is 4.36. The number of aromatic amines is 1. The maximum atomic E-state index is 12.6. The second-order valence-corrected chi connectivity index (χ2v) is 5.20. The zero-order valence-corrected chi connectivity index (χ0v) is 10.9. The predicted octanol–water partition coefficient (Wildman–Crippen LogP) is 3.41. The molecule has 0 bridgehead atoms. The van der Waals surface area contributed by atoms with Crippen molar-refractivity contribution in [3.63, 3.8) is 0 Å². The normalized spacial score (nSPS) is 12.2. The van der Waals surface area contributed by atoms with Crippen LogP contribution in [0.5, 0.6) is 0 Å². The first-order valence-electron chi connectivity index (χ1n) is 5.90. The van der Waals surface area contributed by atoms with Gasteiger partial charge in [0.25, 0.3) is 0 Å². The molecule has 0 saturated heterocycles. The molecule has 0 aliphatic carbocycles. The number of alkyl halides is 3. The second kappa shape index (κ2) is 5.83. The van der Waals surface area contributed by atoms with Crippen LogP contribution in [-0.4, -0.2) is 22.3 Å². The van der Waals surface area contributed by atoms with Crippen molar-refractivity contribution in [3.05, 3.63) is 23.8 Å². The fourth-order valence-electron chi connectivity index (χ4n) is 1.65. The number of H-pyrrole nitrogens is 1. The SMILES string of the molecule is NCCCCSc1nc2ccc(C(F)(F)F)cc2[nH]1. The molecule has 0 saturated carbocycles. The maximum absolute atomic E-state index is 12.6. The van der Waals surface area contributed by atoms with Gasteiger partial charge in [0.1, 0.15) is 0 Å². The molecule has 1 aromatic heterocycles. The Morgan fingerprint density at radius 3 is 2.74 bits per heavy atom. The molecule has 0 spiro atoms. The van der Waals surface area contributed by atoms with E-state index in [0.29, 0.717) is 22.7 Å². The van der Waals surface area contributed by atoms with Crippen molar-refractivity contribution >= 4 is 22.8 Å². The van der Waals surface area contributed by atoms with Crippen molar-refractivity contribution in [1.29, 1.82) is 0 Å². The molecule has 0 fully saturated rings. The first-order valence-corrected chi connectivity index (χ1v) is 6.89. The molecule has 0 aliphatic rings. The van der Waals surface area contributed by atoms with Crippen molar-refractivity contribution in [2.45, 2.75) is 24.2 Å². The van der Waals surface area contributed by atoms with E-state index in [-0.39, 0.29) is 0 Å². The number of imidazole rings is 1. The minimum atomic E-state index is -4.33. The van der Waals surface area contributed by atoms with Gasteiger partial charge in [-0.05, 0) is 37.6 Å². The largest absolute Gasteiger partial charge is 0.416 e. The third kappa shape index (κ3) is 3.63. The molecule has 0 unspecified atom stereocenters. The van der Waals surface area contributed by atoms with Crippen molar-refractivity contribution in [2.75, 3.05) is 12.3 Å². The molecule has 0 atom stereocenters. The molecule has 1 heterocycles. The van der Waals surface area contributed by atoms with E-state index >= 15 is 0 Å². The van der Waals surface area contributed by atoms with Crippen LogP contribution < -0.4 is 5.73 Å². The smallest absolute Gasteiger partial charge is 0.333 e. The summed E-state index contributed by atoms with van der Waals surface area (Å²) in [4.78, 5) is 7.15.